The van der Waals surface area contributed by atoms with E-state index in [-0.39, 0.29) is 5.75 Å². The van der Waals surface area contributed by atoms with Crippen LogP contribution < -0.4 is 4.72 Å². The molecule has 1 aliphatic heterocycles. The predicted octanol–water partition coefficient (Wildman–Crippen LogP) is 2.46. The molecular weight excluding hydrogens is 324 g/mol. The highest BCUT2D eigenvalue weighted by Crippen LogP contribution is 2.16. The van der Waals surface area contributed by atoms with Gasteiger partial charge in [-0.05, 0) is 23.3 Å². The van der Waals surface area contributed by atoms with Crippen LogP contribution in [0.15, 0.2) is 54.6 Å². The summed E-state index contributed by atoms with van der Waals surface area (Å²) in [6.45, 7) is 4.12. The van der Waals surface area contributed by atoms with Crippen LogP contribution >= 0.6 is 0 Å². The number of anilines is 1. The molecule has 0 atom stereocenters. The summed E-state index contributed by atoms with van der Waals surface area (Å²) in [5, 5.41) is 0. The number of benzene rings is 2. The first-order chi connectivity index (χ1) is 11.6. The molecule has 0 saturated carbocycles. The number of morpholine rings is 1. The largest absolute Gasteiger partial charge is 0.379 e. The molecule has 2 aromatic rings. The van der Waals surface area contributed by atoms with E-state index in [1.165, 1.54) is 0 Å². The SMILES string of the molecule is O=S(=O)(Cc1ccccc1)Nc1cccc(CN2CCOCC2)c1. The van der Waals surface area contributed by atoms with Crippen LogP contribution in [0.5, 0.6) is 0 Å². The summed E-state index contributed by atoms with van der Waals surface area (Å²) in [5.74, 6) is -0.0263. The van der Waals surface area contributed by atoms with Gasteiger partial charge < -0.3 is 4.74 Å². The van der Waals surface area contributed by atoms with Gasteiger partial charge in [-0.1, -0.05) is 42.5 Å². The van der Waals surface area contributed by atoms with Crippen LogP contribution in [0.4, 0.5) is 5.69 Å². The van der Waals surface area contributed by atoms with Gasteiger partial charge in [0.1, 0.15) is 0 Å². The number of rotatable bonds is 6. The smallest absolute Gasteiger partial charge is 0.236 e. The quantitative estimate of drug-likeness (QED) is 0.873. The Balaban J connectivity index is 1.65. The summed E-state index contributed by atoms with van der Waals surface area (Å²) in [4.78, 5) is 2.31. The Hall–Kier alpha value is -1.89. The standard InChI is InChI=1S/C18H22N2O3S/c21-24(22,15-16-5-2-1-3-6-16)19-18-8-4-7-17(13-18)14-20-9-11-23-12-10-20/h1-8,13,19H,9-12,14-15H2. The van der Waals surface area contributed by atoms with Crippen molar-refractivity contribution in [3.8, 4) is 0 Å². The monoisotopic (exact) mass is 346 g/mol. The molecule has 128 valence electrons. The Morgan fingerprint density at radius 2 is 1.67 bits per heavy atom. The van der Waals surface area contributed by atoms with Crippen molar-refractivity contribution in [2.45, 2.75) is 12.3 Å². The molecule has 2 aromatic carbocycles. The molecule has 6 heteroatoms. The lowest BCUT2D eigenvalue weighted by Gasteiger charge is -2.26. The highest BCUT2D eigenvalue weighted by Gasteiger charge is 2.13. The second kappa shape index (κ2) is 7.79. The van der Waals surface area contributed by atoms with Gasteiger partial charge in [-0.3, -0.25) is 9.62 Å². The Kier molecular flexibility index (Phi) is 5.50. The van der Waals surface area contributed by atoms with Crippen molar-refractivity contribution >= 4 is 15.7 Å². The van der Waals surface area contributed by atoms with Gasteiger partial charge in [-0.25, -0.2) is 8.42 Å². The maximum atomic E-state index is 12.3. The number of nitrogens with zero attached hydrogens (tertiary/aromatic N) is 1. The molecule has 1 saturated heterocycles. The van der Waals surface area contributed by atoms with Crippen molar-refractivity contribution in [2.24, 2.45) is 0 Å². The minimum Gasteiger partial charge on any atom is -0.379 e. The highest BCUT2D eigenvalue weighted by atomic mass is 32.2. The molecule has 0 aliphatic carbocycles. The number of sulfonamides is 1. The zero-order valence-corrected chi connectivity index (χ0v) is 14.3. The summed E-state index contributed by atoms with van der Waals surface area (Å²) in [7, 11) is -3.42. The molecule has 24 heavy (non-hydrogen) atoms. The topological polar surface area (TPSA) is 58.6 Å². The van der Waals surface area contributed by atoms with E-state index in [2.05, 4.69) is 9.62 Å². The molecule has 1 heterocycles. The second-order valence-corrected chi connectivity index (χ2v) is 7.66. The van der Waals surface area contributed by atoms with Crippen LogP contribution in [0.1, 0.15) is 11.1 Å². The zero-order chi connectivity index (χ0) is 16.8. The van der Waals surface area contributed by atoms with E-state index in [9.17, 15) is 8.42 Å². The lowest BCUT2D eigenvalue weighted by atomic mass is 10.2. The minimum absolute atomic E-state index is 0.0263. The van der Waals surface area contributed by atoms with Crippen LogP contribution in [-0.2, 0) is 27.1 Å². The third-order valence-corrected chi connectivity index (χ3v) is 5.17. The van der Waals surface area contributed by atoms with Crippen molar-refractivity contribution in [2.75, 3.05) is 31.0 Å². The Morgan fingerprint density at radius 3 is 2.42 bits per heavy atom. The van der Waals surface area contributed by atoms with Crippen LogP contribution in [0.2, 0.25) is 0 Å². The molecule has 5 nitrogen and oxygen atoms in total. The third-order valence-electron chi connectivity index (χ3n) is 3.91. The van der Waals surface area contributed by atoms with Gasteiger partial charge in [0.15, 0.2) is 0 Å². The Morgan fingerprint density at radius 1 is 0.958 bits per heavy atom. The summed E-state index contributed by atoms with van der Waals surface area (Å²) < 4.78 is 32.7. The highest BCUT2D eigenvalue weighted by molar-refractivity contribution is 7.91. The molecule has 0 bridgehead atoms. The van der Waals surface area contributed by atoms with Gasteiger partial charge >= 0.3 is 0 Å². The molecular formula is C18H22N2O3S. The molecule has 3 rings (SSSR count). The molecule has 1 aliphatic rings. The molecule has 0 unspecified atom stereocenters. The molecule has 0 spiro atoms. The lowest BCUT2D eigenvalue weighted by Crippen LogP contribution is -2.35. The Labute approximate surface area is 143 Å². The van der Waals surface area contributed by atoms with Crippen LogP contribution in [-0.4, -0.2) is 39.6 Å². The number of hydrogen-bond donors (Lipinski definition) is 1. The summed E-state index contributed by atoms with van der Waals surface area (Å²) in [5.41, 5.74) is 2.47. The average Bonchev–Trinajstić information content (AvgIpc) is 2.56. The lowest BCUT2D eigenvalue weighted by molar-refractivity contribution is 0.0342. The van der Waals surface area contributed by atoms with Crippen molar-refractivity contribution in [1.29, 1.82) is 0 Å². The predicted molar refractivity (Wildman–Crippen MR) is 95.2 cm³/mol. The fourth-order valence-electron chi connectivity index (χ4n) is 2.76. The second-order valence-electron chi connectivity index (χ2n) is 5.94. The maximum absolute atomic E-state index is 12.3. The number of ether oxygens (including phenoxy) is 1. The molecule has 0 radical (unpaired) electrons. The van der Waals surface area contributed by atoms with Gasteiger partial charge in [-0.15, -0.1) is 0 Å². The van der Waals surface area contributed by atoms with Crippen LogP contribution in [0.25, 0.3) is 0 Å². The first kappa shape index (κ1) is 17.0. The van der Waals surface area contributed by atoms with Gasteiger partial charge in [0.25, 0.3) is 0 Å². The maximum Gasteiger partial charge on any atom is 0.236 e. The van der Waals surface area contributed by atoms with Gasteiger partial charge in [0.2, 0.25) is 10.0 Å². The summed E-state index contributed by atoms with van der Waals surface area (Å²) in [6.07, 6.45) is 0. The van der Waals surface area contributed by atoms with Crippen molar-refractivity contribution < 1.29 is 13.2 Å². The molecule has 1 N–H and O–H groups in total. The first-order valence-corrected chi connectivity index (χ1v) is 9.69. The number of hydrogen-bond acceptors (Lipinski definition) is 4. The van der Waals surface area contributed by atoms with E-state index in [0.29, 0.717) is 5.69 Å². The van der Waals surface area contributed by atoms with Crippen molar-refractivity contribution in [1.82, 2.24) is 4.90 Å². The normalized spacial score (nSPS) is 16.0. The Bertz CT molecular complexity index is 757. The van der Waals surface area contributed by atoms with Gasteiger partial charge in [0.05, 0.1) is 19.0 Å². The fourth-order valence-corrected chi connectivity index (χ4v) is 3.95. The van der Waals surface area contributed by atoms with Crippen LogP contribution in [0.3, 0.4) is 0 Å². The van der Waals surface area contributed by atoms with Crippen LogP contribution in [0, 0.1) is 0 Å². The van der Waals surface area contributed by atoms with Crippen molar-refractivity contribution in [3.05, 3.63) is 65.7 Å². The van der Waals surface area contributed by atoms with Crippen molar-refractivity contribution in [3.63, 3.8) is 0 Å². The third kappa shape index (κ3) is 5.06. The van der Waals surface area contributed by atoms with E-state index in [1.54, 1.807) is 6.07 Å². The van der Waals surface area contributed by atoms with E-state index in [0.717, 1.165) is 44.0 Å². The fraction of sp³-hybridized carbons (Fsp3) is 0.333. The zero-order valence-electron chi connectivity index (χ0n) is 13.5. The average molecular weight is 346 g/mol. The summed E-state index contributed by atoms with van der Waals surface area (Å²) in [6, 6.07) is 16.8. The van der Waals surface area contributed by atoms with Gasteiger partial charge in [-0.2, -0.15) is 0 Å². The first-order valence-electron chi connectivity index (χ1n) is 8.04. The molecule has 0 aromatic heterocycles. The number of nitrogens with one attached hydrogen (secondary N) is 1. The minimum atomic E-state index is -3.42. The molecule has 0 amide bonds. The summed E-state index contributed by atoms with van der Waals surface area (Å²) >= 11 is 0. The molecule has 1 fully saturated rings. The van der Waals surface area contributed by atoms with E-state index < -0.39 is 10.0 Å². The van der Waals surface area contributed by atoms with E-state index in [4.69, 9.17) is 4.74 Å². The van der Waals surface area contributed by atoms with E-state index in [1.807, 2.05) is 48.5 Å². The van der Waals surface area contributed by atoms with Gasteiger partial charge in [0, 0.05) is 25.3 Å². The van der Waals surface area contributed by atoms with E-state index >= 15 is 0 Å².